The number of hydrogen-bond donors (Lipinski definition) is 2. The molecule has 2 aromatic heterocycles. The fourth-order valence-electron chi connectivity index (χ4n) is 1.51. The van der Waals surface area contributed by atoms with Gasteiger partial charge in [0.25, 0.3) is 0 Å². The van der Waals surface area contributed by atoms with Crippen molar-refractivity contribution in [3.05, 3.63) is 28.2 Å². The molecule has 0 amide bonds. The summed E-state index contributed by atoms with van der Waals surface area (Å²) >= 11 is 1.67. The zero-order chi connectivity index (χ0) is 13.7. The summed E-state index contributed by atoms with van der Waals surface area (Å²) in [4.78, 5) is 9.85. The number of nitrogens with one attached hydrogen (secondary N) is 1. The number of aryl methyl sites for hydroxylation is 1. The number of nitrogens with zero attached hydrogens (tertiary/aromatic N) is 2. The van der Waals surface area contributed by atoms with Crippen molar-refractivity contribution in [1.82, 2.24) is 9.97 Å². The topological polar surface area (TPSA) is 73.1 Å². The van der Waals surface area contributed by atoms with E-state index in [-0.39, 0.29) is 0 Å². The first kappa shape index (κ1) is 13.6. The summed E-state index contributed by atoms with van der Waals surface area (Å²) in [6.45, 7) is 5.36. The van der Waals surface area contributed by atoms with Gasteiger partial charge in [0.15, 0.2) is 0 Å². The maximum absolute atomic E-state index is 5.82. The third kappa shape index (κ3) is 3.82. The molecule has 2 rings (SSSR count). The minimum Gasteiger partial charge on any atom is -0.476 e. The summed E-state index contributed by atoms with van der Waals surface area (Å²) in [6.07, 6.45) is 2.80. The van der Waals surface area contributed by atoms with Gasteiger partial charge in [0.2, 0.25) is 5.88 Å². The van der Waals surface area contributed by atoms with Gasteiger partial charge in [-0.25, -0.2) is 4.98 Å². The molecule has 2 heterocycles. The molecular formula is C13H18N4OS. The van der Waals surface area contributed by atoms with Crippen LogP contribution in [0, 0.1) is 6.92 Å². The molecule has 2 aromatic rings. The van der Waals surface area contributed by atoms with Gasteiger partial charge in [0.05, 0.1) is 18.8 Å². The fourth-order valence-corrected chi connectivity index (χ4v) is 2.24. The lowest BCUT2D eigenvalue weighted by atomic mass is 10.4. The summed E-state index contributed by atoms with van der Waals surface area (Å²) in [5, 5.41) is 4.25. The van der Waals surface area contributed by atoms with Crippen LogP contribution in [0.4, 0.5) is 11.5 Å². The van der Waals surface area contributed by atoms with Crippen molar-refractivity contribution in [3.8, 4) is 5.88 Å². The van der Waals surface area contributed by atoms with Gasteiger partial charge in [-0.1, -0.05) is 6.92 Å². The molecule has 19 heavy (non-hydrogen) atoms. The van der Waals surface area contributed by atoms with Gasteiger partial charge in [-0.2, -0.15) is 4.98 Å². The predicted octanol–water partition coefficient (Wildman–Crippen LogP) is 2.83. The third-order valence-electron chi connectivity index (χ3n) is 2.42. The minimum atomic E-state index is 0.488. The molecule has 0 bridgehead atoms. The monoisotopic (exact) mass is 278 g/mol. The largest absolute Gasteiger partial charge is 0.476 e. The van der Waals surface area contributed by atoms with Crippen molar-refractivity contribution in [2.75, 3.05) is 17.7 Å². The number of thiazole rings is 1. The number of aromatic nitrogens is 2. The molecule has 0 atom stereocenters. The number of rotatable bonds is 6. The lowest BCUT2D eigenvalue weighted by molar-refractivity contribution is 0.307. The lowest BCUT2D eigenvalue weighted by Crippen LogP contribution is -2.05. The summed E-state index contributed by atoms with van der Waals surface area (Å²) in [7, 11) is 0. The van der Waals surface area contributed by atoms with Crippen LogP contribution in [0.25, 0.3) is 0 Å². The summed E-state index contributed by atoms with van der Waals surface area (Å²) < 4.78 is 5.49. The van der Waals surface area contributed by atoms with Crippen LogP contribution in [-0.4, -0.2) is 16.6 Å². The van der Waals surface area contributed by atoms with Crippen LogP contribution in [0.1, 0.15) is 23.2 Å². The predicted molar refractivity (Wildman–Crippen MR) is 78.6 cm³/mol. The van der Waals surface area contributed by atoms with E-state index in [4.69, 9.17) is 10.5 Å². The highest BCUT2D eigenvalue weighted by Crippen LogP contribution is 2.21. The average molecular weight is 278 g/mol. The molecule has 0 spiro atoms. The summed E-state index contributed by atoms with van der Waals surface area (Å²) in [6, 6.07) is 3.64. The highest BCUT2D eigenvalue weighted by Gasteiger charge is 2.05. The van der Waals surface area contributed by atoms with E-state index in [0.29, 0.717) is 24.7 Å². The normalized spacial score (nSPS) is 10.4. The molecule has 3 N–H and O–H groups in total. The molecule has 5 nitrogen and oxygen atoms in total. The van der Waals surface area contributed by atoms with E-state index in [0.717, 1.165) is 17.2 Å². The van der Waals surface area contributed by atoms with Gasteiger partial charge in [-0.15, -0.1) is 11.3 Å². The zero-order valence-electron chi connectivity index (χ0n) is 11.1. The number of pyridine rings is 1. The van der Waals surface area contributed by atoms with Crippen LogP contribution < -0.4 is 15.8 Å². The van der Waals surface area contributed by atoms with Crippen LogP contribution in [0.2, 0.25) is 0 Å². The van der Waals surface area contributed by atoms with Gasteiger partial charge in [0.1, 0.15) is 10.8 Å². The van der Waals surface area contributed by atoms with Crippen molar-refractivity contribution in [3.63, 3.8) is 0 Å². The van der Waals surface area contributed by atoms with Crippen LogP contribution in [-0.2, 0) is 6.54 Å². The smallest absolute Gasteiger partial charge is 0.239 e. The van der Waals surface area contributed by atoms with Crippen LogP contribution in [0.3, 0.4) is 0 Å². The van der Waals surface area contributed by atoms with Crippen molar-refractivity contribution in [2.45, 2.75) is 26.8 Å². The molecule has 102 valence electrons. The Balaban J connectivity index is 2.00. The second-order valence-corrected chi connectivity index (χ2v) is 5.48. The number of nitrogens with two attached hydrogens (primary N) is 1. The molecule has 0 radical (unpaired) electrons. The number of anilines is 2. The highest BCUT2D eigenvalue weighted by atomic mass is 32.1. The maximum atomic E-state index is 5.82. The van der Waals surface area contributed by atoms with E-state index in [1.165, 1.54) is 4.88 Å². The quantitative estimate of drug-likeness (QED) is 0.850. The van der Waals surface area contributed by atoms with E-state index in [2.05, 4.69) is 15.3 Å². The molecule has 0 unspecified atom stereocenters. The standard InChI is InChI=1S/C13H18N4OS/c1-3-6-18-13-10(14)4-5-11(17-13)15-8-12-16-7-9(2)19-12/h4-5,7H,3,6,8,14H2,1-2H3,(H,15,17). The van der Waals surface area contributed by atoms with Crippen molar-refractivity contribution < 1.29 is 4.74 Å². The average Bonchev–Trinajstić information content (AvgIpc) is 2.82. The van der Waals surface area contributed by atoms with Gasteiger partial charge < -0.3 is 15.8 Å². The number of ether oxygens (including phenoxy) is 1. The van der Waals surface area contributed by atoms with E-state index in [1.807, 2.05) is 26.1 Å². The second kappa shape index (κ2) is 6.38. The summed E-state index contributed by atoms with van der Waals surface area (Å²) in [5.74, 6) is 1.23. The SMILES string of the molecule is CCCOc1nc(NCc2ncc(C)s2)ccc1N. The molecule has 0 saturated carbocycles. The summed E-state index contributed by atoms with van der Waals surface area (Å²) in [5.41, 5.74) is 6.37. The molecule has 0 aromatic carbocycles. The van der Waals surface area contributed by atoms with Crippen molar-refractivity contribution in [2.24, 2.45) is 0 Å². The van der Waals surface area contributed by atoms with Gasteiger partial charge in [0, 0.05) is 11.1 Å². The minimum absolute atomic E-state index is 0.488. The molecule has 0 fully saturated rings. The Labute approximate surface area is 116 Å². The Kier molecular flexibility index (Phi) is 4.57. The first-order valence-electron chi connectivity index (χ1n) is 6.23. The molecule has 0 saturated heterocycles. The number of hydrogen-bond acceptors (Lipinski definition) is 6. The second-order valence-electron chi connectivity index (χ2n) is 4.16. The van der Waals surface area contributed by atoms with E-state index in [9.17, 15) is 0 Å². The van der Waals surface area contributed by atoms with Crippen LogP contribution in [0.15, 0.2) is 18.3 Å². The zero-order valence-corrected chi connectivity index (χ0v) is 12.0. The van der Waals surface area contributed by atoms with Crippen molar-refractivity contribution in [1.29, 1.82) is 0 Å². The molecule has 6 heteroatoms. The van der Waals surface area contributed by atoms with Crippen LogP contribution in [0.5, 0.6) is 5.88 Å². The lowest BCUT2D eigenvalue weighted by Gasteiger charge is -2.09. The van der Waals surface area contributed by atoms with E-state index < -0.39 is 0 Å². The first-order valence-corrected chi connectivity index (χ1v) is 7.05. The van der Waals surface area contributed by atoms with Crippen molar-refractivity contribution >= 4 is 22.8 Å². The fraction of sp³-hybridized carbons (Fsp3) is 0.385. The molecule has 0 aliphatic rings. The Morgan fingerprint density at radius 1 is 1.42 bits per heavy atom. The molecular weight excluding hydrogens is 260 g/mol. The van der Waals surface area contributed by atoms with Gasteiger partial charge >= 0.3 is 0 Å². The van der Waals surface area contributed by atoms with Gasteiger partial charge in [-0.05, 0) is 25.5 Å². The third-order valence-corrected chi connectivity index (χ3v) is 3.34. The molecule has 0 aliphatic heterocycles. The Morgan fingerprint density at radius 3 is 2.95 bits per heavy atom. The van der Waals surface area contributed by atoms with Crippen LogP contribution >= 0.6 is 11.3 Å². The Morgan fingerprint density at radius 2 is 2.26 bits per heavy atom. The first-order chi connectivity index (χ1) is 9.19. The molecule has 0 aliphatic carbocycles. The number of nitrogen functional groups attached to an aromatic ring is 1. The highest BCUT2D eigenvalue weighted by molar-refractivity contribution is 7.11. The van der Waals surface area contributed by atoms with Gasteiger partial charge in [-0.3, -0.25) is 0 Å². The Bertz CT molecular complexity index is 541. The van der Waals surface area contributed by atoms with E-state index in [1.54, 1.807) is 17.4 Å². The Hall–Kier alpha value is -1.82. The maximum Gasteiger partial charge on any atom is 0.239 e. The van der Waals surface area contributed by atoms with E-state index >= 15 is 0 Å².